The Hall–Kier alpha value is -3.88. The van der Waals surface area contributed by atoms with Gasteiger partial charge in [0.15, 0.2) is 5.82 Å². The molecule has 0 radical (unpaired) electrons. The summed E-state index contributed by atoms with van der Waals surface area (Å²) >= 11 is 0. The number of nitrogens with zero attached hydrogens (tertiary/aromatic N) is 5. The van der Waals surface area contributed by atoms with Gasteiger partial charge in [-0.1, -0.05) is 6.07 Å². The molecule has 0 saturated carbocycles. The van der Waals surface area contributed by atoms with Crippen molar-refractivity contribution in [2.24, 2.45) is 0 Å². The molecule has 0 saturated heterocycles. The minimum absolute atomic E-state index is 0.475. The summed E-state index contributed by atoms with van der Waals surface area (Å²) in [6.07, 6.45) is 8.26. The van der Waals surface area contributed by atoms with Crippen LogP contribution in [0.5, 0.6) is 5.75 Å². The van der Waals surface area contributed by atoms with Crippen molar-refractivity contribution in [3.05, 3.63) is 61.3 Å². The summed E-state index contributed by atoms with van der Waals surface area (Å²) in [5, 5.41) is 13.8. The SMILES string of the molecule is COc1cccc(Nc2n[nH]c(-c3cccnc3NCCCn3ccnc3)n2)c1. The first kappa shape index (κ1) is 18.5. The lowest BCUT2D eigenvalue weighted by Gasteiger charge is -2.09. The summed E-state index contributed by atoms with van der Waals surface area (Å²) in [4.78, 5) is 13.1. The molecule has 4 rings (SSSR count). The fourth-order valence-electron chi connectivity index (χ4n) is 2.89. The number of pyridine rings is 1. The maximum atomic E-state index is 5.24. The van der Waals surface area contributed by atoms with Crippen LogP contribution in [0.1, 0.15) is 6.42 Å². The van der Waals surface area contributed by atoms with E-state index < -0.39 is 0 Å². The predicted molar refractivity (Wildman–Crippen MR) is 111 cm³/mol. The zero-order valence-corrected chi connectivity index (χ0v) is 16.0. The number of hydrogen-bond acceptors (Lipinski definition) is 7. The molecule has 1 aromatic carbocycles. The van der Waals surface area contributed by atoms with Crippen LogP contribution in [0.25, 0.3) is 11.4 Å². The highest BCUT2D eigenvalue weighted by molar-refractivity contribution is 5.70. The smallest absolute Gasteiger partial charge is 0.246 e. The third kappa shape index (κ3) is 4.70. The first-order valence-electron chi connectivity index (χ1n) is 9.30. The fourth-order valence-corrected chi connectivity index (χ4v) is 2.89. The monoisotopic (exact) mass is 390 g/mol. The van der Waals surface area contributed by atoms with Gasteiger partial charge in [-0.05, 0) is 30.7 Å². The molecule has 0 aliphatic rings. The zero-order chi connectivity index (χ0) is 19.9. The average Bonchev–Trinajstić information content (AvgIpc) is 3.44. The van der Waals surface area contributed by atoms with Gasteiger partial charge in [0.25, 0.3) is 0 Å². The molecule has 0 amide bonds. The van der Waals surface area contributed by atoms with Crippen LogP contribution in [-0.4, -0.2) is 43.4 Å². The second-order valence-electron chi connectivity index (χ2n) is 6.34. The Bertz CT molecular complexity index is 1040. The number of ether oxygens (including phenoxy) is 1. The lowest BCUT2D eigenvalue weighted by atomic mass is 10.2. The van der Waals surface area contributed by atoms with Crippen molar-refractivity contribution in [3.8, 4) is 17.1 Å². The van der Waals surface area contributed by atoms with Gasteiger partial charge < -0.3 is 19.9 Å². The van der Waals surface area contributed by atoms with E-state index in [9.17, 15) is 0 Å². The Labute approximate surface area is 168 Å². The number of hydrogen-bond donors (Lipinski definition) is 3. The molecule has 3 aromatic heterocycles. The number of H-pyrrole nitrogens is 1. The summed E-state index contributed by atoms with van der Waals surface area (Å²) in [5.41, 5.74) is 1.71. The van der Waals surface area contributed by atoms with Crippen molar-refractivity contribution < 1.29 is 4.74 Å². The van der Waals surface area contributed by atoms with Gasteiger partial charge in [0.2, 0.25) is 5.95 Å². The van der Waals surface area contributed by atoms with Crippen LogP contribution in [0, 0.1) is 0 Å². The van der Waals surface area contributed by atoms with E-state index in [2.05, 4.69) is 35.8 Å². The van der Waals surface area contributed by atoms with Gasteiger partial charge in [0.1, 0.15) is 11.6 Å². The lowest BCUT2D eigenvalue weighted by Crippen LogP contribution is -2.08. The quantitative estimate of drug-likeness (QED) is 0.377. The van der Waals surface area contributed by atoms with E-state index in [1.165, 1.54) is 0 Å². The molecule has 0 atom stereocenters. The standard InChI is InChI=1S/C20H22N8O/c1-29-16-6-2-5-15(13-16)24-20-25-19(26-27-20)17-7-3-8-22-18(17)23-9-4-11-28-12-10-21-14-28/h2-3,5-8,10,12-14H,4,9,11H2,1H3,(H,22,23)(H2,24,25,26,27). The summed E-state index contributed by atoms with van der Waals surface area (Å²) in [7, 11) is 1.64. The molecule has 0 aliphatic heterocycles. The van der Waals surface area contributed by atoms with E-state index in [0.29, 0.717) is 11.8 Å². The second-order valence-corrected chi connectivity index (χ2v) is 6.34. The molecule has 9 nitrogen and oxygen atoms in total. The Morgan fingerprint density at radius 3 is 3.00 bits per heavy atom. The highest BCUT2D eigenvalue weighted by atomic mass is 16.5. The van der Waals surface area contributed by atoms with Gasteiger partial charge >= 0.3 is 0 Å². The average molecular weight is 390 g/mol. The van der Waals surface area contributed by atoms with Crippen LogP contribution in [-0.2, 0) is 6.54 Å². The van der Waals surface area contributed by atoms with Gasteiger partial charge in [-0.3, -0.25) is 5.10 Å². The molecular weight excluding hydrogens is 368 g/mol. The number of aryl methyl sites for hydroxylation is 1. The number of anilines is 3. The van der Waals surface area contributed by atoms with Crippen molar-refractivity contribution in [2.75, 3.05) is 24.3 Å². The highest BCUT2D eigenvalue weighted by Gasteiger charge is 2.11. The van der Waals surface area contributed by atoms with E-state index in [1.54, 1.807) is 19.5 Å². The van der Waals surface area contributed by atoms with Crippen molar-refractivity contribution in [1.29, 1.82) is 0 Å². The number of benzene rings is 1. The summed E-state index contributed by atoms with van der Waals surface area (Å²) in [6, 6.07) is 11.4. The Morgan fingerprint density at radius 1 is 1.17 bits per heavy atom. The number of rotatable bonds is 9. The van der Waals surface area contributed by atoms with Crippen LogP contribution >= 0.6 is 0 Å². The maximum absolute atomic E-state index is 5.24. The normalized spacial score (nSPS) is 10.7. The van der Waals surface area contributed by atoms with Gasteiger partial charge in [-0.2, -0.15) is 4.98 Å². The van der Waals surface area contributed by atoms with Gasteiger partial charge in [-0.15, -0.1) is 5.10 Å². The minimum atomic E-state index is 0.475. The van der Waals surface area contributed by atoms with Crippen molar-refractivity contribution >= 4 is 17.5 Å². The predicted octanol–water partition coefficient (Wildman–Crippen LogP) is 3.32. The first-order chi connectivity index (χ1) is 14.3. The largest absolute Gasteiger partial charge is 0.497 e. The van der Waals surface area contributed by atoms with Crippen molar-refractivity contribution in [2.45, 2.75) is 13.0 Å². The van der Waals surface area contributed by atoms with Crippen molar-refractivity contribution in [3.63, 3.8) is 0 Å². The van der Waals surface area contributed by atoms with Crippen LogP contribution in [0.2, 0.25) is 0 Å². The Morgan fingerprint density at radius 2 is 2.14 bits per heavy atom. The number of aromatic amines is 1. The number of methoxy groups -OCH3 is 1. The maximum Gasteiger partial charge on any atom is 0.246 e. The van der Waals surface area contributed by atoms with Crippen LogP contribution in [0.3, 0.4) is 0 Å². The number of imidazole rings is 1. The first-order valence-corrected chi connectivity index (χ1v) is 9.30. The van der Waals surface area contributed by atoms with Gasteiger partial charge in [0.05, 0.1) is 19.0 Å². The topological polar surface area (TPSA) is 106 Å². The molecule has 0 spiro atoms. The number of aromatic nitrogens is 6. The molecule has 3 N–H and O–H groups in total. The minimum Gasteiger partial charge on any atom is -0.497 e. The molecule has 3 heterocycles. The third-order valence-corrected chi connectivity index (χ3v) is 4.32. The van der Waals surface area contributed by atoms with Gasteiger partial charge in [0, 0.05) is 43.4 Å². The molecule has 0 aliphatic carbocycles. The lowest BCUT2D eigenvalue weighted by molar-refractivity contribution is 0.415. The van der Waals surface area contributed by atoms with E-state index in [-0.39, 0.29) is 0 Å². The molecule has 0 fully saturated rings. The van der Waals surface area contributed by atoms with E-state index in [1.807, 2.05) is 53.5 Å². The molecule has 0 unspecified atom stereocenters. The zero-order valence-electron chi connectivity index (χ0n) is 16.0. The summed E-state index contributed by atoms with van der Waals surface area (Å²) in [6.45, 7) is 1.68. The van der Waals surface area contributed by atoms with E-state index in [4.69, 9.17) is 4.74 Å². The molecule has 0 bridgehead atoms. The van der Waals surface area contributed by atoms with Crippen LogP contribution in [0.4, 0.5) is 17.5 Å². The second kappa shape index (κ2) is 8.87. The Balaban J connectivity index is 1.42. The van der Waals surface area contributed by atoms with Crippen LogP contribution in [0.15, 0.2) is 61.3 Å². The highest BCUT2D eigenvalue weighted by Crippen LogP contribution is 2.25. The summed E-state index contributed by atoms with van der Waals surface area (Å²) < 4.78 is 7.29. The third-order valence-electron chi connectivity index (χ3n) is 4.32. The van der Waals surface area contributed by atoms with Gasteiger partial charge in [-0.25, -0.2) is 9.97 Å². The van der Waals surface area contributed by atoms with Crippen molar-refractivity contribution in [1.82, 2.24) is 29.7 Å². The number of nitrogens with one attached hydrogen (secondary N) is 3. The molecular formula is C20H22N8O. The van der Waals surface area contributed by atoms with Crippen LogP contribution < -0.4 is 15.4 Å². The fraction of sp³-hybridized carbons (Fsp3) is 0.200. The van der Waals surface area contributed by atoms with E-state index in [0.717, 1.165) is 42.3 Å². The Kier molecular flexibility index (Phi) is 5.65. The van der Waals surface area contributed by atoms with E-state index >= 15 is 0 Å². The molecule has 148 valence electrons. The molecule has 4 aromatic rings. The summed E-state index contributed by atoms with van der Waals surface area (Å²) in [5.74, 6) is 2.64. The molecule has 29 heavy (non-hydrogen) atoms. The molecule has 9 heteroatoms.